The highest BCUT2D eigenvalue weighted by Gasteiger charge is 2.52. The molecule has 3 rings (SSSR count). The first-order valence-electron chi connectivity index (χ1n) is 6.45. The summed E-state index contributed by atoms with van der Waals surface area (Å²) in [5, 5.41) is 8.28. The zero-order valence-corrected chi connectivity index (χ0v) is 13.5. The van der Waals surface area contributed by atoms with Crippen LogP contribution in [0.25, 0.3) is 0 Å². The molecule has 1 fully saturated rings. The van der Waals surface area contributed by atoms with Gasteiger partial charge in [0.1, 0.15) is 0 Å². The number of nitroso groups, excluding NO2 is 1. The number of carbonyl (C=O) groups excluding carboxylic acids is 2. The molecule has 0 aromatic heterocycles. The highest BCUT2D eigenvalue weighted by molar-refractivity contribution is 6.42. The van der Waals surface area contributed by atoms with Gasteiger partial charge in [0.2, 0.25) is 5.84 Å². The van der Waals surface area contributed by atoms with Crippen molar-refractivity contribution in [1.29, 1.82) is 0 Å². The van der Waals surface area contributed by atoms with E-state index in [0.717, 1.165) is 9.80 Å². The van der Waals surface area contributed by atoms with Gasteiger partial charge in [0.05, 0.1) is 20.7 Å². The van der Waals surface area contributed by atoms with E-state index in [-0.39, 0.29) is 16.7 Å². The van der Waals surface area contributed by atoms with Crippen LogP contribution in [0.2, 0.25) is 10.0 Å². The molecule has 2 aliphatic heterocycles. The van der Waals surface area contributed by atoms with Crippen LogP contribution in [0.3, 0.4) is 0 Å². The minimum Gasteiger partial charge on any atom is -0.277 e. The van der Waals surface area contributed by atoms with Crippen LogP contribution < -0.4 is 0 Å². The largest absolute Gasteiger partial charge is 0.396 e. The molecule has 3 amide bonds. The fourth-order valence-corrected chi connectivity index (χ4v) is 2.60. The molecule has 0 N–H and O–H groups in total. The van der Waals surface area contributed by atoms with Crippen LogP contribution in [0.15, 0.2) is 28.4 Å². The number of fused-ring (bicyclic) bond motifs is 1. The lowest BCUT2D eigenvalue weighted by atomic mass is 10.1. The average molecular weight is 355 g/mol. The van der Waals surface area contributed by atoms with Gasteiger partial charge >= 0.3 is 11.9 Å². The Labute approximate surface area is 140 Å². The van der Waals surface area contributed by atoms with Crippen molar-refractivity contribution in [2.75, 3.05) is 14.1 Å². The summed E-state index contributed by atoms with van der Waals surface area (Å²) in [6.07, 6.45) is 0. The Morgan fingerprint density at radius 2 is 1.78 bits per heavy atom. The van der Waals surface area contributed by atoms with E-state index in [9.17, 15) is 14.5 Å². The predicted molar refractivity (Wildman–Crippen MR) is 83.8 cm³/mol. The lowest BCUT2D eigenvalue weighted by molar-refractivity contribution is -0.445. The molecule has 0 radical (unpaired) electrons. The Hall–Kier alpha value is -2.32. The summed E-state index contributed by atoms with van der Waals surface area (Å²) in [6, 6.07) is 2.67. The summed E-state index contributed by atoms with van der Waals surface area (Å²) >= 11 is 11.8. The van der Waals surface area contributed by atoms with E-state index >= 15 is 0 Å². The molecule has 10 heteroatoms. The topological polar surface area (TPSA) is 85.4 Å². The quantitative estimate of drug-likeness (QED) is 0.719. The van der Waals surface area contributed by atoms with E-state index in [4.69, 9.17) is 23.2 Å². The van der Waals surface area contributed by atoms with E-state index in [1.807, 2.05) is 0 Å². The minimum absolute atomic E-state index is 0.0167. The molecule has 0 aliphatic carbocycles. The third kappa shape index (κ3) is 2.30. The van der Waals surface area contributed by atoms with Gasteiger partial charge in [-0.05, 0) is 23.3 Å². The fourth-order valence-electron chi connectivity index (χ4n) is 2.31. The highest BCUT2D eigenvalue weighted by Crippen LogP contribution is 2.25. The molecule has 1 aromatic rings. The van der Waals surface area contributed by atoms with E-state index in [2.05, 4.69) is 10.2 Å². The number of hydrogen-bond donors (Lipinski definition) is 0. The highest BCUT2D eigenvalue weighted by atomic mass is 35.5. The Morgan fingerprint density at radius 1 is 1.09 bits per heavy atom. The van der Waals surface area contributed by atoms with Crippen LogP contribution >= 0.6 is 23.2 Å². The maximum atomic E-state index is 12.6. The number of amides is 3. The number of rotatable bonds is 1. The van der Waals surface area contributed by atoms with Crippen LogP contribution in [0.5, 0.6) is 0 Å². The van der Waals surface area contributed by atoms with Crippen LogP contribution in [-0.2, 0) is 4.79 Å². The van der Waals surface area contributed by atoms with E-state index < -0.39 is 18.0 Å². The standard InChI is InChI=1S/C13H10Cl2N5O3/c1-18-11-9(12(21)19(2)13(18)22)20(23)10(16-17-11)6-3-4-7(14)8(15)5-6/h3-5,9H,1-2H3/q+1. The summed E-state index contributed by atoms with van der Waals surface area (Å²) in [5.41, 5.74) is 0.368. The van der Waals surface area contributed by atoms with Gasteiger partial charge < -0.3 is 0 Å². The molecular weight excluding hydrogens is 345 g/mol. The molecule has 1 aromatic carbocycles. The summed E-state index contributed by atoms with van der Waals surface area (Å²) in [5.74, 6) is -0.770. The van der Waals surface area contributed by atoms with Gasteiger partial charge in [-0.25, -0.2) is 4.79 Å². The number of carbonyl (C=O) groups is 2. The fraction of sp³-hybridized carbons (Fsp3) is 0.231. The number of likely N-dealkylation sites (N-methyl/N-ethyl adjacent to an activating group) is 2. The number of imide groups is 1. The van der Waals surface area contributed by atoms with Crippen LogP contribution in [0.1, 0.15) is 5.56 Å². The Morgan fingerprint density at radius 3 is 2.43 bits per heavy atom. The van der Waals surface area contributed by atoms with Crippen molar-refractivity contribution in [2.45, 2.75) is 6.04 Å². The lowest BCUT2D eigenvalue weighted by Gasteiger charge is -2.32. The zero-order chi connectivity index (χ0) is 16.9. The van der Waals surface area contributed by atoms with Crippen LogP contribution in [-0.4, -0.2) is 58.3 Å². The van der Waals surface area contributed by atoms with Crippen molar-refractivity contribution < 1.29 is 14.3 Å². The van der Waals surface area contributed by atoms with Gasteiger partial charge in [-0.15, -0.1) is 0 Å². The molecule has 1 saturated heterocycles. The zero-order valence-electron chi connectivity index (χ0n) is 12.0. The molecule has 2 aliphatic rings. The Bertz CT molecular complexity index is 820. The van der Waals surface area contributed by atoms with Gasteiger partial charge in [-0.1, -0.05) is 28.1 Å². The van der Waals surface area contributed by atoms with Gasteiger partial charge in [0, 0.05) is 18.9 Å². The summed E-state index contributed by atoms with van der Waals surface area (Å²) in [6.45, 7) is 0. The smallest absolute Gasteiger partial charge is 0.277 e. The molecule has 0 spiro atoms. The van der Waals surface area contributed by atoms with Gasteiger partial charge in [-0.3, -0.25) is 14.6 Å². The minimum atomic E-state index is -1.27. The monoisotopic (exact) mass is 354 g/mol. The number of amidine groups is 2. The molecule has 1 atom stereocenters. The third-order valence-corrected chi connectivity index (χ3v) is 4.33. The van der Waals surface area contributed by atoms with Crippen molar-refractivity contribution in [1.82, 2.24) is 9.80 Å². The molecule has 0 bridgehead atoms. The second kappa shape index (κ2) is 5.39. The molecule has 1 unspecified atom stereocenters. The van der Waals surface area contributed by atoms with Crippen molar-refractivity contribution >= 4 is 46.8 Å². The maximum Gasteiger partial charge on any atom is 0.396 e. The van der Waals surface area contributed by atoms with E-state index in [1.165, 1.54) is 26.2 Å². The second-order valence-electron chi connectivity index (χ2n) is 4.98. The predicted octanol–water partition coefficient (Wildman–Crippen LogP) is 1.74. The van der Waals surface area contributed by atoms with Crippen molar-refractivity contribution in [3.05, 3.63) is 38.7 Å². The molecular formula is C13H10Cl2N5O3+. The van der Waals surface area contributed by atoms with Gasteiger partial charge in [0.15, 0.2) is 0 Å². The Kier molecular flexibility index (Phi) is 3.65. The Balaban J connectivity index is 2.09. The second-order valence-corrected chi connectivity index (χ2v) is 5.79. The molecule has 23 heavy (non-hydrogen) atoms. The normalized spacial score (nSPS) is 21.2. The number of nitrogens with zero attached hydrogens (tertiary/aromatic N) is 5. The first kappa shape index (κ1) is 15.6. The van der Waals surface area contributed by atoms with Crippen molar-refractivity contribution in [3.8, 4) is 0 Å². The summed E-state index contributed by atoms with van der Waals surface area (Å²) < 4.78 is 0.420. The van der Waals surface area contributed by atoms with E-state index in [0.29, 0.717) is 15.3 Å². The average Bonchev–Trinajstić information content (AvgIpc) is 2.53. The molecule has 2 heterocycles. The van der Waals surface area contributed by atoms with Crippen LogP contribution in [0.4, 0.5) is 4.79 Å². The summed E-state index contributed by atoms with van der Waals surface area (Å²) in [4.78, 5) is 38.8. The lowest BCUT2D eigenvalue weighted by Crippen LogP contribution is -2.64. The molecule has 0 saturated carbocycles. The number of hydrogen-bond acceptors (Lipinski definition) is 5. The van der Waals surface area contributed by atoms with Gasteiger partial charge in [0.25, 0.3) is 11.9 Å². The third-order valence-electron chi connectivity index (χ3n) is 3.59. The first-order chi connectivity index (χ1) is 10.8. The van der Waals surface area contributed by atoms with Crippen molar-refractivity contribution in [3.63, 3.8) is 0 Å². The number of benzene rings is 1. The SMILES string of the molecule is CN1C(=O)C2C(=NN=C(c3ccc(Cl)c(Cl)c3)[N+]2=O)N(C)C1=O. The number of urea groups is 1. The van der Waals surface area contributed by atoms with Crippen molar-refractivity contribution in [2.24, 2.45) is 10.2 Å². The molecule has 8 nitrogen and oxygen atoms in total. The maximum absolute atomic E-state index is 12.6. The molecule has 118 valence electrons. The van der Waals surface area contributed by atoms with Crippen LogP contribution in [0, 0.1) is 4.91 Å². The number of halogens is 2. The first-order valence-corrected chi connectivity index (χ1v) is 7.21. The van der Waals surface area contributed by atoms with Gasteiger partial charge in [-0.2, -0.15) is 0 Å². The summed E-state index contributed by atoms with van der Waals surface area (Å²) in [7, 11) is 2.72. The van der Waals surface area contributed by atoms with E-state index in [1.54, 1.807) is 6.07 Å².